The monoisotopic (exact) mass is 703 g/mol. The van der Waals surface area contributed by atoms with E-state index in [1.165, 1.54) is 6.92 Å². The smallest absolute Gasteiger partial charge is 0.136 e. The number of aryl methyl sites for hydroxylation is 1. The van der Waals surface area contributed by atoms with Crippen LogP contribution < -0.4 is 0 Å². The molecular weight excluding hydrogens is 641 g/mol. The number of fused-ring (bicyclic) bond motifs is 9. The molecule has 0 atom stereocenters. The largest absolute Gasteiger partial charge is 0.456 e. The number of benzene rings is 9. The molecular formula is C52H36O. The van der Waals surface area contributed by atoms with E-state index in [-0.39, 0.29) is 33.2 Å². The summed E-state index contributed by atoms with van der Waals surface area (Å²) in [4.78, 5) is 0. The van der Waals surface area contributed by atoms with Gasteiger partial charge < -0.3 is 4.42 Å². The van der Waals surface area contributed by atoms with Gasteiger partial charge in [0.05, 0.1) is 37.0 Å². The summed E-state index contributed by atoms with van der Waals surface area (Å²) < 4.78 is 254. The Morgan fingerprint density at radius 3 is 1.89 bits per heavy atom. The van der Waals surface area contributed by atoms with Gasteiger partial charge in [-0.3, -0.25) is 0 Å². The van der Waals surface area contributed by atoms with E-state index in [0.29, 0.717) is 0 Å². The third-order valence-corrected chi connectivity index (χ3v) is 9.82. The molecule has 1 aliphatic carbocycles. The minimum atomic E-state index is -1.43. The van der Waals surface area contributed by atoms with Crippen molar-refractivity contribution in [1.29, 1.82) is 0 Å². The van der Waals surface area contributed by atoms with Crippen LogP contribution in [0.5, 0.6) is 0 Å². The molecule has 53 heavy (non-hydrogen) atoms. The summed E-state index contributed by atoms with van der Waals surface area (Å²) in [7, 11) is 0. The molecule has 0 spiro atoms. The lowest BCUT2D eigenvalue weighted by molar-refractivity contribution is 0.660. The number of rotatable bonds is 3. The van der Waals surface area contributed by atoms with Gasteiger partial charge >= 0.3 is 0 Å². The molecule has 1 heteroatoms. The van der Waals surface area contributed by atoms with Gasteiger partial charge in [0.15, 0.2) is 0 Å². The lowest BCUT2D eigenvalue weighted by Gasteiger charge is -2.22. The fraction of sp³-hybridized carbons (Fsp3) is 0.0769. The molecule has 0 saturated heterocycles. The third-order valence-electron chi connectivity index (χ3n) is 9.82. The van der Waals surface area contributed by atoms with Crippen LogP contribution in [-0.4, -0.2) is 0 Å². The molecule has 0 N–H and O–H groups in total. The van der Waals surface area contributed by atoms with Crippen molar-refractivity contribution in [2.75, 3.05) is 0 Å². The van der Waals surface area contributed by atoms with Crippen LogP contribution in [0.2, 0.25) is 0 Å². The lowest BCUT2D eigenvalue weighted by Crippen LogP contribution is -2.14. The van der Waals surface area contributed by atoms with Gasteiger partial charge in [0.2, 0.25) is 0 Å². The van der Waals surface area contributed by atoms with E-state index >= 15 is 0 Å². The molecule has 0 fully saturated rings. The van der Waals surface area contributed by atoms with Gasteiger partial charge in [-0.25, -0.2) is 0 Å². The van der Waals surface area contributed by atoms with Crippen LogP contribution in [0.15, 0.2) is 168 Å². The van der Waals surface area contributed by atoms with Crippen LogP contribution in [0.4, 0.5) is 0 Å². The van der Waals surface area contributed by atoms with Gasteiger partial charge in [0.1, 0.15) is 11.2 Å². The lowest BCUT2D eigenvalue weighted by atomic mass is 9.81. The zero-order valence-corrected chi connectivity index (χ0v) is 27.9. The van der Waals surface area contributed by atoms with Crippen LogP contribution in [-0.2, 0) is 5.41 Å². The molecule has 0 unspecified atom stereocenters. The van der Waals surface area contributed by atoms with Crippen molar-refractivity contribution in [2.45, 2.75) is 26.2 Å². The first-order chi connectivity index (χ1) is 37.2. The molecule has 1 nitrogen and oxygen atoms in total. The maximum Gasteiger partial charge on any atom is 0.136 e. The highest BCUT2D eigenvalue weighted by molar-refractivity contribution is 6.22. The van der Waals surface area contributed by atoms with E-state index in [1.54, 1.807) is 13.8 Å². The number of hydrogen-bond acceptors (Lipinski definition) is 1. The maximum absolute atomic E-state index is 9.98. The first-order valence-electron chi connectivity index (χ1n) is 29.9. The van der Waals surface area contributed by atoms with Crippen LogP contribution in [0.1, 0.15) is 67.5 Å². The summed E-state index contributed by atoms with van der Waals surface area (Å²) >= 11 is 0. The highest BCUT2D eigenvalue weighted by atomic mass is 16.3. The quantitative estimate of drug-likeness (QED) is 0.167. The Morgan fingerprint density at radius 1 is 0.434 bits per heavy atom. The first kappa shape index (κ1) is 13.8. The molecule has 0 saturated carbocycles. The molecule has 1 heterocycles. The van der Waals surface area contributed by atoms with Crippen molar-refractivity contribution in [3.63, 3.8) is 0 Å². The molecule has 250 valence electrons. The summed E-state index contributed by atoms with van der Waals surface area (Å²) in [5.74, 6) is 0. The van der Waals surface area contributed by atoms with Gasteiger partial charge in [0, 0.05) is 16.2 Å². The second-order valence-corrected chi connectivity index (χ2v) is 13.1. The second-order valence-electron chi connectivity index (χ2n) is 13.1. The predicted octanol–water partition coefficient (Wildman–Crippen LogP) is 14.7. The predicted molar refractivity (Wildman–Crippen MR) is 225 cm³/mol. The SMILES string of the molecule is [2H]c1c([2H])c([2H])c2c(c1[2H])-c1c([2H])c(-c3c4c([2H])c([2H])c([2H])c([2H])c4c(-c4c([2H])c([2H])c(-c5c([2H])c([2H])c([2H])c6oc7c([2H])c8c([2H])c([2H])c([2H])c([2H])c8c([2H])c7c56)c([2H])c4[2H])c4c(C)c([2H])c([2H])c([2H])c34)c([2H])c([2H])c1C2(C)C. The van der Waals surface area contributed by atoms with Crippen molar-refractivity contribution >= 4 is 54.3 Å². The van der Waals surface area contributed by atoms with Crippen LogP contribution in [0.3, 0.4) is 0 Å². The van der Waals surface area contributed by atoms with E-state index in [1.807, 2.05) is 0 Å². The Labute approximate surface area is 346 Å². The zero-order valence-electron chi connectivity index (χ0n) is 54.9. The second kappa shape index (κ2) is 11.0. The van der Waals surface area contributed by atoms with E-state index in [4.69, 9.17) is 25.0 Å². The summed E-state index contributed by atoms with van der Waals surface area (Å²) in [5.41, 5.74) is -7.04. The van der Waals surface area contributed by atoms with Crippen molar-refractivity contribution in [2.24, 2.45) is 0 Å². The molecule has 0 aliphatic heterocycles. The number of furan rings is 1. The Kier molecular flexibility index (Phi) is 2.88. The fourth-order valence-electron chi connectivity index (χ4n) is 7.39. The highest BCUT2D eigenvalue weighted by Crippen LogP contribution is 2.51. The molecule has 10 aromatic rings. The maximum atomic E-state index is 9.98. The van der Waals surface area contributed by atoms with Gasteiger partial charge in [-0.15, -0.1) is 0 Å². The molecule has 1 aliphatic rings. The van der Waals surface area contributed by atoms with Crippen LogP contribution >= 0.6 is 0 Å². The normalized spacial score (nSPS) is 20.5. The minimum absolute atomic E-state index is 0.000395. The van der Waals surface area contributed by atoms with Crippen LogP contribution in [0, 0.1) is 6.92 Å². The topological polar surface area (TPSA) is 13.1 Å². The summed E-state index contributed by atoms with van der Waals surface area (Å²) in [6, 6.07) is -21.2. The van der Waals surface area contributed by atoms with Crippen molar-refractivity contribution in [1.82, 2.24) is 0 Å². The van der Waals surface area contributed by atoms with E-state index < -0.39 is 251 Å². The number of hydrogen-bond donors (Lipinski definition) is 0. The van der Waals surface area contributed by atoms with Crippen molar-refractivity contribution in [3.8, 4) is 44.5 Å². The summed E-state index contributed by atoms with van der Waals surface area (Å²) in [5, 5.41) is -3.91. The summed E-state index contributed by atoms with van der Waals surface area (Å²) in [6.45, 7) is 4.38. The molecule has 0 radical (unpaired) electrons. The van der Waals surface area contributed by atoms with Gasteiger partial charge in [0.25, 0.3) is 0 Å². The first-order valence-corrected chi connectivity index (χ1v) is 16.4. The van der Waals surface area contributed by atoms with E-state index in [0.717, 1.165) is 0 Å². The Morgan fingerprint density at radius 2 is 1.06 bits per heavy atom. The minimum Gasteiger partial charge on any atom is -0.456 e. The Hall–Kier alpha value is -6.44. The average Bonchev–Trinajstić information content (AvgIpc) is 4.11. The average molecular weight is 704 g/mol. The van der Waals surface area contributed by atoms with E-state index in [9.17, 15) is 16.4 Å². The molecule has 9 aromatic carbocycles. The van der Waals surface area contributed by atoms with Crippen LogP contribution in [0.25, 0.3) is 98.8 Å². The van der Waals surface area contributed by atoms with Gasteiger partial charge in [-0.1, -0.05) is 153 Å². The molecule has 11 rings (SSSR count). The van der Waals surface area contributed by atoms with Crippen molar-refractivity contribution < 1.29 is 41.4 Å². The molecule has 0 amide bonds. The van der Waals surface area contributed by atoms with Crippen molar-refractivity contribution in [3.05, 3.63) is 180 Å². The Balaban J connectivity index is 1.34. The van der Waals surface area contributed by atoms with Gasteiger partial charge in [-0.05, 0) is 125 Å². The Bertz CT molecular complexity index is 4600. The standard InChI is InChI=1S/C52H36O/c1-31-12-10-19-41-48(31)50(40-17-7-6-16-39(40)49(41)36-26-27-45-42(29-36)38-15-8-9-20-44(38)52(45,2)3)33-24-22-32(23-25-33)37-18-11-21-46-51(37)43-28-34-13-4-5-14-35(34)30-47(43)53-46/h4-30H,1-3H3/i4D,5D,6D,7D,8D,9D,10D,11D,12D,13D,14D,15D,16D,17D,18D,19D,20D,21D,22D,23D,24D,25D,26D,27D,28D,29D,30D. The van der Waals surface area contributed by atoms with E-state index in [2.05, 4.69) is 0 Å². The third kappa shape index (κ3) is 4.31. The fourth-order valence-corrected chi connectivity index (χ4v) is 7.39. The zero-order chi connectivity index (χ0) is 58.9. The summed E-state index contributed by atoms with van der Waals surface area (Å²) in [6.07, 6.45) is 0. The molecule has 1 aromatic heterocycles. The van der Waals surface area contributed by atoms with Gasteiger partial charge in [-0.2, -0.15) is 0 Å². The highest BCUT2D eigenvalue weighted by Gasteiger charge is 2.35. The molecule has 0 bridgehead atoms.